The van der Waals surface area contributed by atoms with Crippen LogP contribution in [0.15, 0.2) is 24.3 Å². The van der Waals surface area contributed by atoms with Gasteiger partial charge in [0.2, 0.25) is 0 Å². The van der Waals surface area contributed by atoms with Gasteiger partial charge in [-0.1, -0.05) is 19.1 Å². The number of nitrogens with one attached hydrogen (secondary N) is 1. The number of halogens is 2. The van der Waals surface area contributed by atoms with Crippen molar-refractivity contribution in [2.75, 3.05) is 13.1 Å². The van der Waals surface area contributed by atoms with Gasteiger partial charge >= 0.3 is 12.0 Å². The molecule has 0 bridgehead atoms. The number of carbonyl (C=O) groups excluding carboxylic acids is 1. The van der Waals surface area contributed by atoms with Crippen molar-refractivity contribution in [2.45, 2.75) is 26.3 Å². The highest BCUT2D eigenvalue weighted by atomic mass is 19.3. The van der Waals surface area contributed by atoms with Crippen LogP contribution in [0.1, 0.15) is 29.3 Å². The maximum absolute atomic E-state index is 12.4. The Kier molecular flexibility index (Phi) is 6.58. The number of rotatable bonds is 7. The molecule has 0 saturated carbocycles. The van der Waals surface area contributed by atoms with Gasteiger partial charge in [-0.3, -0.25) is 0 Å². The van der Waals surface area contributed by atoms with Crippen molar-refractivity contribution < 1.29 is 23.5 Å². The third kappa shape index (κ3) is 5.76. The molecular weight excluding hydrogens is 282 g/mol. The van der Waals surface area contributed by atoms with Gasteiger partial charge < -0.3 is 15.3 Å². The highest BCUT2D eigenvalue weighted by Gasteiger charge is 2.16. The first-order chi connectivity index (χ1) is 9.93. The normalized spacial score (nSPS) is 10.5. The first kappa shape index (κ1) is 16.9. The Balaban J connectivity index is 2.55. The Morgan fingerprint density at radius 1 is 1.29 bits per heavy atom. The molecule has 0 spiro atoms. The summed E-state index contributed by atoms with van der Waals surface area (Å²) in [7, 11) is 0. The number of aromatic carboxylic acids is 1. The molecule has 0 heterocycles. The monoisotopic (exact) mass is 300 g/mol. The molecule has 1 aromatic rings. The molecule has 0 radical (unpaired) electrons. The lowest BCUT2D eigenvalue weighted by Crippen LogP contribution is -2.42. The largest absolute Gasteiger partial charge is 0.478 e. The van der Waals surface area contributed by atoms with Crippen LogP contribution in [0.2, 0.25) is 0 Å². The Labute approximate surface area is 121 Å². The number of carboxylic acid groups (broad SMARTS) is 1. The molecule has 2 N–H and O–H groups in total. The molecule has 1 rings (SSSR count). The smallest absolute Gasteiger partial charge is 0.335 e. The van der Waals surface area contributed by atoms with E-state index in [2.05, 4.69) is 5.32 Å². The number of carbonyl (C=O) groups is 2. The fourth-order valence-electron chi connectivity index (χ4n) is 1.77. The average molecular weight is 300 g/mol. The van der Waals surface area contributed by atoms with Crippen LogP contribution in [-0.2, 0) is 6.54 Å². The highest BCUT2D eigenvalue weighted by Crippen LogP contribution is 2.05. The minimum atomic E-state index is -2.57. The zero-order chi connectivity index (χ0) is 15.8. The predicted molar refractivity (Wildman–Crippen MR) is 73.5 cm³/mol. The number of hydrogen-bond donors (Lipinski definition) is 2. The number of amides is 2. The topological polar surface area (TPSA) is 69.6 Å². The van der Waals surface area contributed by atoms with Crippen LogP contribution >= 0.6 is 0 Å². The number of carboxylic acids is 1. The van der Waals surface area contributed by atoms with E-state index in [0.717, 1.165) is 4.90 Å². The minimum Gasteiger partial charge on any atom is -0.478 e. The summed E-state index contributed by atoms with van der Waals surface area (Å²) in [5.74, 6) is -1.03. The van der Waals surface area contributed by atoms with Crippen LogP contribution in [0.4, 0.5) is 13.6 Å². The molecule has 0 aliphatic heterocycles. The Bertz CT molecular complexity index is 478. The second kappa shape index (κ2) is 8.18. The number of nitrogens with zero attached hydrogens (tertiary/aromatic N) is 1. The van der Waals surface area contributed by atoms with Crippen LogP contribution in [-0.4, -0.2) is 41.5 Å². The third-order valence-corrected chi connectivity index (χ3v) is 2.78. The average Bonchev–Trinajstić information content (AvgIpc) is 2.44. The molecule has 0 unspecified atom stereocenters. The van der Waals surface area contributed by atoms with Crippen LogP contribution in [0.3, 0.4) is 0 Å². The fourth-order valence-corrected chi connectivity index (χ4v) is 1.77. The van der Waals surface area contributed by atoms with E-state index < -0.39 is 25.0 Å². The van der Waals surface area contributed by atoms with Gasteiger partial charge in [0.1, 0.15) is 0 Å². The van der Waals surface area contributed by atoms with Gasteiger partial charge in [-0.2, -0.15) is 0 Å². The second-order valence-electron chi connectivity index (χ2n) is 4.50. The van der Waals surface area contributed by atoms with Gasteiger partial charge in [-0.25, -0.2) is 18.4 Å². The van der Waals surface area contributed by atoms with Crippen LogP contribution in [0.5, 0.6) is 0 Å². The molecule has 0 aromatic heterocycles. The second-order valence-corrected chi connectivity index (χ2v) is 4.50. The molecule has 116 valence electrons. The van der Waals surface area contributed by atoms with E-state index in [1.54, 1.807) is 19.1 Å². The van der Waals surface area contributed by atoms with Crippen molar-refractivity contribution in [3.05, 3.63) is 35.4 Å². The molecule has 2 amide bonds. The first-order valence-corrected chi connectivity index (χ1v) is 6.57. The fraction of sp³-hybridized carbons (Fsp3) is 0.429. The summed E-state index contributed by atoms with van der Waals surface area (Å²) in [5.41, 5.74) is 0.845. The summed E-state index contributed by atoms with van der Waals surface area (Å²) in [6.07, 6.45) is -1.98. The summed E-state index contributed by atoms with van der Waals surface area (Å²) >= 11 is 0. The molecule has 0 aliphatic rings. The van der Waals surface area contributed by atoms with Crippen molar-refractivity contribution in [1.29, 1.82) is 0 Å². The number of hydrogen-bond acceptors (Lipinski definition) is 2. The summed E-state index contributed by atoms with van der Waals surface area (Å²) in [5, 5.41) is 11.3. The minimum absolute atomic E-state index is 0.149. The lowest BCUT2D eigenvalue weighted by atomic mass is 10.1. The number of urea groups is 1. The number of alkyl halides is 2. The standard InChI is InChI=1S/C14H18F2N2O3/c1-2-7-18(9-12(15)16)14(21)17-8-10-3-5-11(6-4-10)13(19)20/h3-6,12H,2,7-9H2,1H3,(H,17,21)(H,19,20). The van der Waals surface area contributed by atoms with Crippen molar-refractivity contribution in [3.8, 4) is 0 Å². The molecule has 1 aromatic carbocycles. The van der Waals surface area contributed by atoms with Crippen LogP contribution < -0.4 is 5.32 Å². The SMILES string of the molecule is CCCN(CC(F)F)C(=O)NCc1ccc(C(=O)O)cc1. The molecular formula is C14H18F2N2O3. The third-order valence-electron chi connectivity index (χ3n) is 2.78. The first-order valence-electron chi connectivity index (χ1n) is 6.57. The Hall–Kier alpha value is -2.18. The lowest BCUT2D eigenvalue weighted by molar-refractivity contribution is 0.0697. The van der Waals surface area contributed by atoms with E-state index >= 15 is 0 Å². The maximum Gasteiger partial charge on any atom is 0.335 e. The molecule has 5 nitrogen and oxygen atoms in total. The molecule has 21 heavy (non-hydrogen) atoms. The Morgan fingerprint density at radius 2 is 1.90 bits per heavy atom. The van der Waals surface area contributed by atoms with Crippen molar-refractivity contribution in [2.24, 2.45) is 0 Å². The molecule has 0 saturated heterocycles. The summed E-state index contributed by atoms with van der Waals surface area (Å²) < 4.78 is 24.7. The van der Waals surface area contributed by atoms with E-state index in [1.165, 1.54) is 12.1 Å². The molecule has 0 aliphatic carbocycles. The van der Waals surface area contributed by atoms with Gasteiger partial charge in [-0.05, 0) is 24.1 Å². The quantitative estimate of drug-likeness (QED) is 0.813. The van der Waals surface area contributed by atoms with E-state index in [-0.39, 0.29) is 18.7 Å². The van der Waals surface area contributed by atoms with Crippen molar-refractivity contribution in [3.63, 3.8) is 0 Å². The molecule has 7 heteroatoms. The van der Waals surface area contributed by atoms with Crippen molar-refractivity contribution in [1.82, 2.24) is 10.2 Å². The van der Waals surface area contributed by atoms with Gasteiger partial charge in [-0.15, -0.1) is 0 Å². The van der Waals surface area contributed by atoms with Gasteiger partial charge in [0.15, 0.2) is 0 Å². The highest BCUT2D eigenvalue weighted by molar-refractivity contribution is 5.87. The summed E-state index contributed by atoms with van der Waals surface area (Å²) in [4.78, 5) is 23.6. The Morgan fingerprint density at radius 3 is 2.38 bits per heavy atom. The lowest BCUT2D eigenvalue weighted by Gasteiger charge is -2.22. The number of benzene rings is 1. The molecule has 0 atom stereocenters. The van der Waals surface area contributed by atoms with Gasteiger partial charge in [0, 0.05) is 13.1 Å². The van der Waals surface area contributed by atoms with Crippen LogP contribution in [0.25, 0.3) is 0 Å². The van der Waals surface area contributed by atoms with E-state index in [4.69, 9.17) is 5.11 Å². The zero-order valence-corrected chi connectivity index (χ0v) is 11.7. The predicted octanol–water partition coefficient (Wildman–Crippen LogP) is 2.57. The van der Waals surface area contributed by atoms with Gasteiger partial charge in [0.25, 0.3) is 6.43 Å². The maximum atomic E-state index is 12.4. The molecule has 0 fully saturated rings. The summed E-state index contributed by atoms with van der Waals surface area (Å²) in [6.45, 7) is 1.62. The summed E-state index contributed by atoms with van der Waals surface area (Å²) in [6, 6.07) is 5.43. The van der Waals surface area contributed by atoms with E-state index in [1.807, 2.05) is 0 Å². The zero-order valence-electron chi connectivity index (χ0n) is 11.7. The van der Waals surface area contributed by atoms with Gasteiger partial charge in [0.05, 0.1) is 12.1 Å². The van der Waals surface area contributed by atoms with Crippen LogP contribution in [0, 0.1) is 0 Å². The van der Waals surface area contributed by atoms with E-state index in [9.17, 15) is 18.4 Å². The van der Waals surface area contributed by atoms with E-state index in [0.29, 0.717) is 12.0 Å². The van der Waals surface area contributed by atoms with Crippen molar-refractivity contribution >= 4 is 12.0 Å².